The molecule has 3 saturated carbocycles. The summed E-state index contributed by atoms with van der Waals surface area (Å²) in [7, 11) is 0. The van der Waals surface area contributed by atoms with Crippen LogP contribution in [0.15, 0.2) is 23.8 Å². The molecule has 0 aromatic carbocycles. The van der Waals surface area contributed by atoms with Gasteiger partial charge in [0.1, 0.15) is 54.9 Å². The van der Waals surface area contributed by atoms with Crippen molar-refractivity contribution in [2.24, 2.45) is 40.4 Å². The van der Waals surface area contributed by atoms with Gasteiger partial charge in [0, 0.05) is 31.6 Å². The van der Waals surface area contributed by atoms with E-state index < -0.39 is 134 Å². The van der Waals surface area contributed by atoms with E-state index in [0.29, 0.717) is 18.4 Å². The number of rotatable bonds is 8. The van der Waals surface area contributed by atoms with E-state index in [2.05, 4.69) is 26.5 Å². The maximum absolute atomic E-state index is 12.2. The zero-order chi connectivity index (χ0) is 49.1. The minimum absolute atomic E-state index is 0.0182. The molecule has 8 fully saturated rings. The largest absolute Gasteiger partial charge is 0.456 e. The second-order valence-corrected chi connectivity index (χ2v) is 21.7. The fourth-order valence-corrected chi connectivity index (χ4v) is 14.4. The standard InChI is InChI=1S/C48H72O20/c1-18-16-60-48(42(58)38(18)66-43-36(56)35(55)33(53)20(3)61-43)19(2)32-30(68-48)15-28-26-10-9-24-13-25(51)14-31(47(24,8)27(26)11-12-46(28,32)7)65-45-41(34(54)29(52)17-59-45)67-44-37(57)40(64-23(6)50)39(21(4)62-44)63-22(5)49/h9,19-21,25-45,51-58H,1,10-17H2,2-8H3. The van der Waals surface area contributed by atoms with Crippen molar-refractivity contribution in [2.75, 3.05) is 13.2 Å². The lowest BCUT2D eigenvalue weighted by atomic mass is 9.46. The first-order valence-corrected chi connectivity index (χ1v) is 24.4. The van der Waals surface area contributed by atoms with Crippen LogP contribution in [0.2, 0.25) is 0 Å². The fraction of sp³-hybridized carbons (Fsp3) is 0.875. The Morgan fingerprint density at radius 2 is 1.44 bits per heavy atom. The topological polar surface area (TPSA) is 288 Å². The Labute approximate surface area is 395 Å². The van der Waals surface area contributed by atoms with E-state index >= 15 is 0 Å². The van der Waals surface area contributed by atoms with Gasteiger partial charge < -0.3 is 88.2 Å². The highest BCUT2D eigenvalue weighted by Gasteiger charge is 2.72. The Kier molecular flexibility index (Phi) is 13.9. The molecule has 5 heterocycles. The summed E-state index contributed by atoms with van der Waals surface area (Å²) in [5, 5.41) is 88.7. The average molecular weight is 969 g/mol. The van der Waals surface area contributed by atoms with Crippen LogP contribution in [0.3, 0.4) is 0 Å². The Hall–Kier alpha value is -2.22. The Morgan fingerprint density at radius 1 is 0.765 bits per heavy atom. The van der Waals surface area contributed by atoms with E-state index in [1.165, 1.54) is 6.92 Å². The molecule has 5 aliphatic heterocycles. The molecule has 27 atom stereocenters. The van der Waals surface area contributed by atoms with Crippen LogP contribution in [-0.2, 0) is 57.0 Å². The molecule has 0 aromatic rings. The second-order valence-electron chi connectivity index (χ2n) is 21.7. The first kappa shape index (κ1) is 50.7. The number of ether oxygens (including phenoxy) is 10. The van der Waals surface area contributed by atoms with Gasteiger partial charge in [0.25, 0.3) is 0 Å². The van der Waals surface area contributed by atoms with Gasteiger partial charge in [0.15, 0.2) is 31.1 Å². The van der Waals surface area contributed by atoms with E-state index in [-0.39, 0.29) is 60.7 Å². The SMILES string of the molecule is C=C1COC2(OC3CC4C5CC=C6CC(O)CC(OC7OCC(O)C(O)C7OC7OC(C)C(OC(C)=O)C(OC(C)=O)C7O)C6(C)C5CCC4(C)C3C2C)C(O)C1OC1OC(C)C(O)C(O)C1O. The van der Waals surface area contributed by atoms with E-state index in [1.54, 1.807) is 13.8 Å². The van der Waals surface area contributed by atoms with Gasteiger partial charge in [0.2, 0.25) is 5.79 Å². The van der Waals surface area contributed by atoms with Crippen LogP contribution in [0.4, 0.5) is 0 Å². The van der Waals surface area contributed by atoms with Gasteiger partial charge in [-0.25, -0.2) is 0 Å². The van der Waals surface area contributed by atoms with Gasteiger partial charge >= 0.3 is 11.9 Å². The summed E-state index contributed by atoms with van der Waals surface area (Å²) in [5.41, 5.74) is 0.624. The van der Waals surface area contributed by atoms with Crippen molar-refractivity contribution in [3.8, 4) is 0 Å². The summed E-state index contributed by atoms with van der Waals surface area (Å²) in [6, 6.07) is 0. The highest BCUT2D eigenvalue weighted by atomic mass is 16.8. The first-order chi connectivity index (χ1) is 32.0. The lowest BCUT2D eigenvalue weighted by Gasteiger charge is -2.60. The molecule has 4 aliphatic carbocycles. The third-order valence-electron chi connectivity index (χ3n) is 17.8. The van der Waals surface area contributed by atoms with Gasteiger partial charge in [-0.05, 0) is 80.6 Å². The number of carbonyl (C=O) groups excluding carboxylic acids is 2. The number of aliphatic hydroxyl groups is 8. The van der Waals surface area contributed by atoms with E-state index in [4.69, 9.17) is 47.4 Å². The van der Waals surface area contributed by atoms with Crippen molar-refractivity contribution in [1.82, 2.24) is 0 Å². The molecule has 20 nitrogen and oxygen atoms in total. The molecule has 20 heteroatoms. The van der Waals surface area contributed by atoms with Gasteiger partial charge in [-0.3, -0.25) is 9.59 Å². The second kappa shape index (κ2) is 18.7. The molecule has 0 aromatic heterocycles. The molecule has 9 rings (SSSR count). The summed E-state index contributed by atoms with van der Waals surface area (Å²) in [5.74, 6) is -2.78. The quantitative estimate of drug-likeness (QED) is 0.116. The zero-order valence-electron chi connectivity index (χ0n) is 39.8. The van der Waals surface area contributed by atoms with Crippen LogP contribution < -0.4 is 0 Å². The third kappa shape index (κ3) is 8.23. The van der Waals surface area contributed by atoms with Crippen molar-refractivity contribution in [3.05, 3.63) is 23.8 Å². The maximum Gasteiger partial charge on any atom is 0.303 e. The third-order valence-corrected chi connectivity index (χ3v) is 17.8. The number of fused-ring (bicyclic) bond motifs is 7. The molecule has 8 N–H and O–H groups in total. The number of allylic oxidation sites excluding steroid dienone is 1. The van der Waals surface area contributed by atoms with Gasteiger partial charge in [-0.2, -0.15) is 0 Å². The minimum atomic E-state index is -1.69. The molecule has 9 aliphatic rings. The van der Waals surface area contributed by atoms with Gasteiger partial charge in [-0.1, -0.05) is 39.0 Å². The molecule has 1 spiro atoms. The average Bonchev–Trinajstić information content (AvgIpc) is 3.74. The molecule has 0 bridgehead atoms. The van der Waals surface area contributed by atoms with Crippen molar-refractivity contribution < 1.29 is 97.8 Å². The van der Waals surface area contributed by atoms with Crippen LogP contribution in [0.1, 0.15) is 87.0 Å². The lowest BCUT2D eigenvalue weighted by molar-refractivity contribution is -0.363. The predicted octanol–water partition coefficient (Wildman–Crippen LogP) is -0.145. The normalized spacial score (nSPS) is 54.5. The number of hydrogen-bond acceptors (Lipinski definition) is 20. The molecular weight excluding hydrogens is 897 g/mol. The molecule has 5 saturated heterocycles. The lowest BCUT2D eigenvalue weighted by Crippen LogP contribution is -2.64. The smallest absolute Gasteiger partial charge is 0.303 e. The minimum Gasteiger partial charge on any atom is -0.456 e. The Balaban J connectivity index is 0.931. The van der Waals surface area contributed by atoms with Gasteiger partial charge in [-0.15, -0.1) is 0 Å². The monoisotopic (exact) mass is 968 g/mol. The molecular formula is C48H72O20. The number of carbonyl (C=O) groups is 2. The summed E-state index contributed by atoms with van der Waals surface area (Å²) in [6.07, 6.45) is -17.2. The zero-order valence-corrected chi connectivity index (χ0v) is 39.8. The van der Waals surface area contributed by atoms with E-state index in [1.807, 2.05) is 6.92 Å². The number of hydrogen-bond donors (Lipinski definition) is 8. The van der Waals surface area contributed by atoms with Crippen LogP contribution in [0, 0.1) is 40.4 Å². The van der Waals surface area contributed by atoms with Gasteiger partial charge in [0.05, 0.1) is 43.7 Å². The summed E-state index contributed by atoms with van der Waals surface area (Å²) in [6.45, 7) is 15.8. The van der Waals surface area contributed by atoms with Crippen molar-refractivity contribution >= 4 is 11.9 Å². The van der Waals surface area contributed by atoms with Crippen LogP contribution >= 0.6 is 0 Å². The summed E-state index contributed by atoms with van der Waals surface area (Å²) >= 11 is 0. The van der Waals surface area contributed by atoms with Crippen LogP contribution in [0.5, 0.6) is 0 Å². The highest BCUT2D eigenvalue weighted by Crippen LogP contribution is 2.71. The highest BCUT2D eigenvalue weighted by molar-refractivity contribution is 5.67. The molecule has 27 unspecified atom stereocenters. The van der Waals surface area contributed by atoms with Crippen molar-refractivity contribution in [3.63, 3.8) is 0 Å². The maximum atomic E-state index is 12.2. The molecule has 0 amide bonds. The summed E-state index contributed by atoms with van der Waals surface area (Å²) < 4.78 is 61.2. The van der Waals surface area contributed by atoms with Crippen molar-refractivity contribution in [1.29, 1.82) is 0 Å². The molecule has 384 valence electrons. The van der Waals surface area contributed by atoms with Crippen LogP contribution in [0.25, 0.3) is 0 Å². The van der Waals surface area contributed by atoms with Crippen LogP contribution in [-0.4, -0.2) is 188 Å². The Morgan fingerprint density at radius 3 is 2.15 bits per heavy atom. The Bertz CT molecular complexity index is 1940. The molecule has 68 heavy (non-hydrogen) atoms. The first-order valence-electron chi connectivity index (χ1n) is 24.4. The van der Waals surface area contributed by atoms with E-state index in [0.717, 1.165) is 31.8 Å². The number of esters is 2. The number of aliphatic hydroxyl groups excluding tert-OH is 8. The predicted molar refractivity (Wildman–Crippen MR) is 230 cm³/mol. The van der Waals surface area contributed by atoms with Crippen molar-refractivity contribution in [2.45, 2.75) is 209 Å². The molecule has 0 radical (unpaired) electrons. The van der Waals surface area contributed by atoms with E-state index in [9.17, 15) is 50.4 Å². The summed E-state index contributed by atoms with van der Waals surface area (Å²) in [4.78, 5) is 24.1. The fourth-order valence-electron chi connectivity index (χ4n) is 14.4.